The van der Waals surface area contributed by atoms with E-state index in [1.807, 2.05) is 0 Å². The Balaban J connectivity index is 1.72. The summed E-state index contributed by atoms with van der Waals surface area (Å²) in [5, 5.41) is 3.01. The highest BCUT2D eigenvalue weighted by molar-refractivity contribution is 7.92. The SMILES string of the molecule is Cc1ccc(N(CC(=O)Nc2ccc(S(=O)(=O)N3CCCCCC3)cc2)S(C)(=O)=O)cc1Cl. The van der Waals surface area contributed by atoms with Crippen LogP contribution in [0.4, 0.5) is 11.4 Å². The van der Waals surface area contributed by atoms with Gasteiger partial charge in [0.05, 0.1) is 16.8 Å². The normalized spacial score (nSPS) is 15.6. The minimum Gasteiger partial charge on any atom is -0.325 e. The molecule has 11 heteroatoms. The summed E-state index contributed by atoms with van der Waals surface area (Å²) in [6.45, 7) is 2.35. The van der Waals surface area contributed by atoms with Gasteiger partial charge in [-0.05, 0) is 61.7 Å². The Morgan fingerprint density at radius 3 is 2.15 bits per heavy atom. The van der Waals surface area contributed by atoms with E-state index in [9.17, 15) is 21.6 Å². The standard InChI is InChI=1S/C22H28ClN3O5S2/c1-17-7-10-19(15-21(17)23)26(32(2,28)29)16-22(27)24-18-8-11-20(12-9-18)33(30,31)25-13-5-3-4-6-14-25/h7-12,15H,3-6,13-14,16H2,1-2H3,(H,24,27). The molecule has 0 aliphatic carbocycles. The van der Waals surface area contributed by atoms with Crippen LogP contribution in [0, 0.1) is 6.92 Å². The molecule has 1 N–H and O–H groups in total. The van der Waals surface area contributed by atoms with Crippen LogP contribution in [0.25, 0.3) is 0 Å². The molecule has 8 nitrogen and oxygen atoms in total. The maximum Gasteiger partial charge on any atom is 0.245 e. The zero-order valence-electron chi connectivity index (χ0n) is 18.6. The van der Waals surface area contributed by atoms with Crippen LogP contribution in [-0.4, -0.2) is 52.9 Å². The summed E-state index contributed by atoms with van der Waals surface area (Å²) in [7, 11) is -7.34. The number of anilines is 2. The van der Waals surface area contributed by atoms with E-state index >= 15 is 0 Å². The average molecular weight is 514 g/mol. The molecular formula is C22H28ClN3O5S2. The lowest BCUT2D eigenvalue weighted by atomic mass is 10.2. The third kappa shape index (κ3) is 6.47. The summed E-state index contributed by atoms with van der Waals surface area (Å²) in [6, 6.07) is 10.6. The Morgan fingerprint density at radius 1 is 1.00 bits per heavy atom. The van der Waals surface area contributed by atoms with Gasteiger partial charge in [0.2, 0.25) is 26.0 Å². The van der Waals surface area contributed by atoms with E-state index in [2.05, 4.69) is 5.32 Å². The summed E-state index contributed by atoms with van der Waals surface area (Å²) in [4.78, 5) is 12.7. The van der Waals surface area contributed by atoms with Gasteiger partial charge in [-0.15, -0.1) is 0 Å². The zero-order valence-corrected chi connectivity index (χ0v) is 21.0. The smallest absolute Gasteiger partial charge is 0.245 e. The molecule has 2 aromatic carbocycles. The van der Waals surface area contributed by atoms with Crippen molar-refractivity contribution < 1.29 is 21.6 Å². The molecule has 0 aromatic heterocycles. The van der Waals surface area contributed by atoms with Crippen molar-refractivity contribution in [3.8, 4) is 0 Å². The number of nitrogens with zero attached hydrogens (tertiary/aromatic N) is 2. The molecule has 3 rings (SSSR count). The number of rotatable bonds is 7. The number of aryl methyl sites for hydroxylation is 1. The third-order valence-electron chi connectivity index (χ3n) is 5.47. The molecule has 0 unspecified atom stereocenters. The number of halogens is 1. The second kappa shape index (κ2) is 10.4. The predicted octanol–water partition coefficient (Wildman–Crippen LogP) is 3.62. The predicted molar refractivity (Wildman–Crippen MR) is 131 cm³/mol. The van der Waals surface area contributed by atoms with E-state index in [1.165, 1.54) is 34.6 Å². The van der Waals surface area contributed by atoms with Gasteiger partial charge in [-0.25, -0.2) is 16.8 Å². The van der Waals surface area contributed by atoms with Gasteiger partial charge in [0.15, 0.2) is 0 Å². The van der Waals surface area contributed by atoms with Gasteiger partial charge in [0.1, 0.15) is 6.54 Å². The quantitative estimate of drug-likeness (QED) is 0.609. The second-order valence-corrected chi connectivity index (χ2v) is 12.3. The highest BCUT2D eigenvalue weighted by Crippen LogP contribution is 2.25. The lowest BCUT2D eigenvalue weighted by Crippen LogP contribution is -2.37. The summed E-state index contributed by atoms with van der Waals surface area (Å²) in [6.07, 6.45) is 4.75. The molecule has 0 spiro atoms. The van der Waals surface area contributed by atoms with E-state index in [4.69, 9.17) is 11.6 Å². The number of hydrogen-bond donors (Lipinski definition) is 1. The molecule has 0 saturated carbocycles. The summed E-state index contributed by atoms with van der Waals surface area (Å²) in [5.41, 5.74) is 1.43. The van der Waals surface area contributed by atoms with Gasteiger partial charge in [-0.1, -0.05) is 30.5 Å². The zero-order chi connectivity index (χ0) is 24.2. The van der Waals surface area contributed by atoms with Gasteiger partial charge in [0, 0.05) is 23.8 Å². The average Bonchev–Trinajstić information content (AvgIpc) is 3.04. The van der Waals surface area contributed by atoms with Gasteiger partial charge in [0.25, 0.3) is 0 Å². The Labute approximate surface area is 200 Å². The first-order chi connectivity index (χ1) is 15.5. The van der Waals surface area contributed by atoms with E-state index in [-0.39, 0.29) is 10.6 Å². The maximum atomic E-state index is 12.9. The third-order valence-corrected chi connectivity index (χ3v) is 8.93. The summed E-state index contributed by atoms with van der Waals surface area (Å²) < 4.78 is 52.8. The molecule has 1 heterocycles. The van der Waals surface area contributed by atoms with Crippen LogP contribution in [-0.2, 0) is 24.8 Å². The molecule has 1 saturated heterocycles. The van der Waals surface area contributed by atoms with Crippen molar-refractivity contribution in [1.82, 2.24) is 4.31 Å². The highest BCUT2D eigenvalue weighted by Gasteiger charge is 2.25. The van der Waals surface area contributed by atoms with Crippen LogP contribution in [0.2, 0.25) is 5.02 Å². The molecule has 0 radical (unpaired) electrons. The second-order valence-electron chi connectivity index (χ2n) is 8.09. The van der Waals surface area contributed by atoms with E-state index in [0.29, 0.717) is 23.8 Å². The number of sulfonamides is 2. The monoisotopic (exact) mass is 513 g/mol. The Morgan fingerprint density at radius 2 is 1.61 bits per heavy atom. The van der Waals surface area contributed by atoms with Crippen LogP contribution in [0.15, 0.2) is 47.4 Å². The summed E-state index contributed by atoms with van der Waals surface area (Å²) in [5.74, 6) is -0.569. The number of carbonyl (C=O) groups excluding carboxylic acids is 1. The molecule has 1 fully saturated rings. The van der Waals surface area contributed by atoms with E-state index in [0.717, 1.165) is 41.8 Å². The van der Waals surface area contributed by atoms with Crippen LogP contribution in [0.1, 0.15) is 31.2 Å². The highest BCUT2D eigenvalue weighted by atomic mass is 35.5. The van der Waals surface area contributed by atoms with Gasteiger partial charge < -0.3 is 5.32 Å². The minimum absolute atomic E-state index is 0.162. The Hall–Kier alpha value is -2.14. The number of benzene rings is 2. The maximum absolute atomic E-state index is 12.9. The van der Waals surface area contributed by atoms with Gasteiger partial charge in [-0.3, -0.25) is 9.10 Å². The molecule has 33 heavy (non-hydrogen) atoms. The van der Waals surface area contributed by atoms with Crippen molar-refractivity contribution in [2.45, 2.75) is 37.5 Å². The molecule has 0 atom stereocenters. The fraction of sp³-hybridized carbons (Fsp3) is 0.409. The number of nitrogens with one attached hydrogen (secondary N) is 1. The van der Waals surface area contributed by atoms with Crippen LogP contribution < -0.4 is 9.62 Å². The first kappa shape index (κ1) is 25.5. The van der Waals surface area contributed by atoms with Crippen molar-refractivity contribution in [2.75, 3.05) is 35.5 Å². The number of carbonyl (C=O) groups is 1. The molecular weight excluding hydrogens is 486 g/mol. The van der Waals surface area contributed by atoms with Crippen molar-refractivity contribution >= 4 is 48.9 Å². The molecule has 1 amide bonds. The number of hydrogen-bond acceptors (Lipinski definition) is 5. The van der Waals surface area contributed by atoms with Gasteiger partial charge >= 0.3 is 0 Å². The van der Waals surface area contributed by atoms with Crippen LogP contribution >= 0.6 is 11.6 Å². The lowest BCUT2D eigenvalue weighted by molar-refractivity contribution is -0.114. The fourth-order valence-electron chi connectivity index (χ4n) is 3.61. The molecule has 0 bridgehead atoms. The fourth-order valence-corrected chi connectivity index (χ4v) is 6.15. The minimum atomic E-state index is -3.75. The Kier molecular flexibility index (Phi) is 8.04. The topological polar surface area (TPSA) is 104 Å². The Bertz CT molecular complexity index is 1210. The lowest BCUT2D eigenvalue weighted by Gasteiger charge is -2.22. The van der Waals surface area contributed by atoms with E-state index < -0.39 is 32.5 Å². The van der Waals surface area contributed by atoms with Crippen LogP contribution in [0.5, 0.6) is 0 Å². The van der Waals surface area contributed by atoms with E-state index in [1.54, 1.807) is 19.1 Å². The first-order valence-electron chi connectivity index (χ1n) is 10.6. The van der Waals surface area contributed by atoms with Crippen LogP contribution in [0.3, 0.4) is 0 Å². The number of amides is 1. The first-order valence-corrected chi connectivity index (χ1v) is 14.3. The summed E-state index contributed by atoms with van der Waals surface area (Å²) >= 11 is 6.12. The van der Waals surface area contributed by atoms with Crippen molar-refractivity contribution in [2.24, 2.45) is 0 Å². The van der Waals surface area contributed by atoms with Crippen molar-refractivity contribution in [1.29, 1.82) is 0 Å². The molecule has 1 aliphatic heterocycles. The molecule has 1 aliphatic rings. The van der Waals surface area contributed by atoms with Gasteiger partial charge in [-0.2, -0.15) is 4.31 Å². The van der Waals surface area contributed by atoms with Crippen molar-refractivity contribution in [3.63, 3.8) is 0 Å². The largest absolute Gasteiger partial charge is 0.325 e. The molecule has 180 valence electrons. The van der Waals surface area contributed by atoms with Crippen molar-refractivity contribution in [3.05, 3.63) is 53.1 Å². The molecule has 2 aromatic rings.